The van der Waals surface area contributed by atoms with E-state index in [0.29, 0.717) is 46.2 Å². The van der Waals surface area contributed by atoms with Gasteiger partial charge in [0.1, 0.15) is 33.8 Å². The average Bonchev–Trinajstić information content (AvgIpc) is 3.71. The van der Waals surface area contributed by atoms with Gasteiger partial charge in [0, 0.05) is 19.1 Å². The predicted molar refractivity (Wildman–Crippen MR) is 144 cm³/mol. The van der Waals surface area contributed by atoms with Crippen molar-refractivity contribution in [2.75, 3.05) is 18.0 Å². The smallest absolute Gasteiger partial charge is 0.407 e. The lowest BCUT2D eigenvalue weighted by Crippen LogP contribution is -2.49. The van der Waals surface area contributed by atoms with Crippen molar-refractivity contribution in [1.29, 1.82) is 10.5 Å². The van der Waals surface area contributed by atoms with Gasteiger partial charge in [0.25, 0.3) is 0 Å². The van der Waals surface area contributed by atoms with Crippen LogP contribution in [0.5, 0.6) is 0 Å². The molecule has 1 saturated heterocycles. The first kappa shape index (κ1) is 27.3. The topological polar surface area (TPSA) is 145 Å². The van der Waals surface area contributed by atoms with E-state index in [1.165, 1.54) is 0 Å². The number of nitrogens with zero attached hydrogens (tertiary/aromatic N) is 4. The monoisotopic (exact) mass is 532 g/mol. The number of nitrogens with one attached hydrogen (secondary N) is 1. The molecule has 1 aromatic carbocycles. The van der Waals surface area contributed by atoms with Crippen LogP contribution in [0, 0.1) is 22.7 Å². The molecule has 1 saturated carbocycles. The van der Waals surface area contributed by atoms with Gasteiger partial charge < -0.3 is 20.7 Å². The molecule has 1 aliphatic heterocycles. The highest BCUT2D eigenvalue weighted by Crippen LogP contribution is 2.48. The molecule has 9 nitrogen and oxygen atoms in total. The summed E-state index contributed by atoms with van der Waals surface area (Å²) in [4.78, 5) is 31.7. The van der Waals surface area contributed by atoms with Crippen LogP contribution < -0.4 is 16.0 Å². The van der Waals surface area contributed by atoms with E-state index >= 15 is 0 Å². The Morgan fingerprint density at radius 2 is 1.84 bits per heavy atom. The highest BCUT2D eigenvalue weighted by Gasteiger charge is 2.36. The standard InChI is InChI=1S/C28H32N6O3S/c1-28(2,3)37-27(36)32-19-10-7-13-34(16-19)25-20(14-29)22(17-11-12-17)21(15-30)26(33-25)38-23(24(31)35)18-8-5-4-6-9-18/h4-6,8-9,17,19,23H,7,10-13,16H2,1-3H3,(H2,31,35)(H,32,36). The van der Waals surface area contributed by atoms with E-state index in [9.17, 15) is 20.1 Å². The van der Waals surface area contributed by atoms with Gasteiger partial charge in [-0.3, -0.25) is 4.79 Å². The number of carbonyl (C=O) groups excluding carboxylic acids is 2. The Bertz CT molecular complexity index is 1290. The number of primary amides is 1. The van der Waals surface area contributed by atoms with Crippen molar-refractivity contribution in [3.8, 4) is 12.1 Å². The van der Waals surface area contributed by atoms with Crippen LogP contribution in [-0.2, 0) is 9.53 Å². The number of hydrogen-bond donors (Lipinski definition) is 2. The van der Waals surface area contributed by atoms with E-state index in [1.807, 2.05) is 56.0 Å². The minimum Gasteiger partial charge on any atom is -0.444 e. The summed E-state index contributed by atoms with van der Waals surface area (Å²) in [5.41, 5.74) is 7.31. The minimum absolute atomic E-state index is 0.102. The number of thioether (sulfide) groups is 1. The highest BCUT2D eigenvalue weighted by molar-refractivity contribution is 8.00. The van der Waals surface area contributed by atoms with Crippen molar-refractivity contribution in [2.45, 2.75) is 74.3 Å². The Balaban J connectivity index is 1.71. The first-order chi connectivity index (χ1) is 18.1. The molecule has 2 atom stereocenters. The summed E-state index contributed by atoms with van der Waals surface area (Å²) in [6, 6.07) is 13.5. The van der Waals surface area contributed by atoms with Gasteiger partial charge in [-0.25, -0.2) is 9.78 Å². The van der Waals surface area contributed by atoms with Crippen LogP contribution in [0.3, 0.4) is 0 Å². The van der Waals surface area contributed by atoms with Gasteiger partial charge in [0.05, 0.1) is 11.1 Å². The molecule has 2 aromatic rings. The number of nitriles is 2. The quantitative estimate of drug-likeness (QED) is 0.495. The number of piperidine rings is 1. The number of hydrogen-bond acceptors (Lipinski definition) is 8. The molecule has 2 heterocycles. The van der Waals surface area contributed by atoms with Crippen molar-refractivity contribution in [3.05, 3.63) is 52.6 Å². The van der Waals surface area contributed by atoms with Gasteiger partial charge >= 0.3 is 6.09 Å². The maximum atomic E-state index is 12.5. The molecule has 3 N–H and O–H groups in total. The van der Waals surface area contributed by atoms with Crippen molar-refractivity contribution in [1.82, 2.24) is 10.3 Å². The lowest BCUT2D eigenvalue weighted by atomic mass is 9.98. The van der Waals surface area contributed by atoms with Gasteiger partial charge in [-0.1, -0.05) is 42.1 Å². The molecule has 0 spiro atoms. The zero-order valence-electron chi connectivity index (χ0n) is 21.9. The lowest BCUT2D eigenvalue weighted by Gasteiger charge is -2.35. The largest absolute Gasteiger partial charge is 0.444 e. The van der Waals surface area contributed by atoms with E-state index in [-0.39, 0.29) is 12.0 Å². The van der Waals surface area contributed by atoms with E-state index in [1.54, 1.807) is 0 Å². The van der Waals surface area contributed by atoms with Gasteiger partial charge in [0.15, 0.2) is 0 Å². The normalized spacial score (nSPS) is 18.1. The molecule has 2 fully saturated rings. The van der Waals surface area contributed by atoms with E-state index in [2.05, 4.69) is 17.5 Å². The molecular formula is C28H32N6O3S. The molecule has 0 bridgehead atoms. The summed E-state index contributed by atoms with van der Waals surface area (Å²) in [6.07, 6.45) is 2.83. The number of amides is 2. The van der Waals surface area contributed by atoms with Crippen LogP contribution in [0.15, 0.2) is 35.4 Å². The number of rotatable bonds is 7. The second kappa shape index (κ2) is 11.3. The number of ether oxygens (including phenoxy) is 1. The van der Waals surface area contributed by atoms with Gasteiger partial charge in [-0.05, 0) is 63.5 Å². The molecule has 0 radical (unpaired) electrons. The Hall–Kier alpha value is -3.76. The summed E-state index contributed by atoms with van der Waals surface area (Å²) < 4.78 is 5.42. The second-order valence-electron chi connectivity index (χ2n) is 10.6. The zero-order valence-corrected chi connectivity index (χ0v) is 22.7. The maximum absolute atomic E-state index is 12.5. The van der Waals surface area contributed by atoms with Gasteiger partial charge in [-0.2, -0.15) is 10.5 Å². The van der Waals surface area contributed by atoms with Crippen LogP contribution in [0.1, 0.15) is 79.9 Å². The van der Waals surface area contributed by atoms with E-state index in [0.717, 1.165) is 37.4 Å². The van der Waals surface area contributed by atoms with Crippen LogP contribution in [0.25, 0.3) is 0 Å². The molecule has 1 aliphatic carbocycles. The molecular weight excluding hydrogens is 500 g/mol. The third kappa shape index (κ3) is 6.38. The Labute approximate surface area is 227 Å². The fourth-order valence-corrected chi connectivity index (χ4v) is 5.72. The average molecular weight is 533 g/mol. The number of pyridine rings is 1. The second-order valence-corrected chi connectivity index (χ2v) is 11.7. The molecule has 38 heavy (non-hydrogen) atoms. The molecule has 2 amide bonds. The summed E-state index contributed by atoms with van der Waals surface area (Å²) in [5, 5.41) is 22.9. The lowest BCUT2D eigenvalue weighted by molar-refractivity contribution is -0.117. The van der Waals surface area contributed by atoms with Crippen LogP contribution in [-0.4, -0.2) is 41.7 Å². The maximum Gasteiger partial charge on any atom is 0.407 e. The molecule has 10 heteroatoms. The third-order valence-electron chi connectivity index (χ3n) is 6.42. The first-order valence-electron chi connectivity index (χ1n) is 12.7. The summed E-state index contributed by atoms with van der Waals surface area (Å²) in [5.74, 6) is 0.0397. The molecule has 1 aromatic heterocycles. The summed E-state index contributed by atoms with van der Waals surface area (Å²) >= 11 is 1.14. The summed E-state index contributed by atoms with van der Waals surface area (Å²) in [7, 11) is 0. The SMILES string of the molecule is CC(C)(C)OC(=O)NC1CCCN(c2nc(SC(C(N)=O)c3ccccc3)c(C#N)c(C3CC3)c2C#N)C1. The molecule has 198 valence electrons. The van der Waals surface area contributed by atoms with Crippen LogP contribution in [0.2, 0.25) is 0 Å². The number of benzene rings is 1. The fourth-order valence-electron chi connectivity index (χ4n) is 4.67. The van der Waals surface area contributed by atoms with Crippen LogP contribution >= 0.6 is 11.8 Å². The van der Waals surface area contributed by atoms with E-state index < -0.39 is 22.9 Å². The van der Waals surface area contributed by atoms with Gasteiger partial charge in [-0.15, -0.1) is 0 Å². The molecule has 4 rings (SSSR count). The third-order valence-corrected chi connectivity index (χ3v) is 7.68. The van der Waals surface area contributed by atoms with E-state index in [4.69, 9.17) is 15.5 Å². The zero-order chi connectivity index (χ0) is 27.4. The molecule has 2 unspecified atom stereocenters. The van der Waals surface area contributed by atoms with Crippen molar-refractivity contribution < 1.29 is 14.3 Å². The Kier molecular flexibility index (Phi) is 8.13. The number of alkyl carbamates (subject to hydrolysis) is 1. The van der Waals surface area contributed by atoms with Crippen LogP contribution in [0.4, 0.5) is 10.6 Å². The van der Waals surface area contributed by atoms with Crippen molar-refractivity contribution in [2.24, 2.45) is 5.73 Å². The number of anilines is 1. The fraction of sp³-hybridized carbons (Fsp3) is 0.464. The Morgan fingerprint density at radius 1 is 1.16 bits per heavy atom. The molecule has 2 aliphatic rings. The Morgan fingerprint density at radius 3 is 2.42 bits per heavy atom. The highest BCUT2D eigenvalue weighted by atomic mass is 32.2. The number of carbonyl (C=O) groups is 2. The minimum atomic E-state index is -0.744. The predicted octanol–water partition coefficient (Wildman–Crippen LogP) is 4.51. The first-order valence-corrected chi connectivity index (χ1v) is 13.6. The number of nitrogens with two attached hydrogens (primary N) is 1. The number of aromatic nitrogens is 1. The van der Waals surface area contributed by atoms with Gasteiger partial charge in [0.2, 0.25) is 5.91 Å². The summed E-state index contributed by atoms with van der Waals surface area (Å²) in [6.45, 7) is 6.53. The van der Waals surface area contributed by atoms with Crippen molar-refractivity contribution >= 4 is 29.6 Å². The van der Waals surface area contributed by atoms with Crippen molar-refractivity contribution in [3.63, 3.8) is 0 Å².